The second-order valence-corrected chi connectivity index (χ2v) is 5.45. The van der Waals surface area contributed by atoms with E-state index in [1.165, 1.54) is 0 Å². The van der Waals surface area contributed by atoms with Crippen molar-refractivity contribution in [2.24, 2.45) is 11.7 Å². The molecule has 1 amide bonds. The normalized spacial score (nSPS) is 19.6. The second-order valence-electron chi connectivity index (χ2n) is 4.54. The van der Waals surface area contributed by atoms with Gasteiger partial charge in [0.2, 0.25) is 5.91 Å². The first-order valence-corrected chi connectivity index (χ1v) is 6.70. The quantitative estimate of drug-likeness (QED) is 0.924. The number of nitrogens with two attached hydrogens (primary N) is 1. The summed E-state index contributed by atoms with van der Waals surface area (Å²) in [7, 11) is 0. The van der Waals surface area contributed by atoms with Crippen molar-refractivity contribution < 1.29 is 4.79 Å². The molecule has 1 atom stereocenters. The maximum Gasteiger partial charge on any atom is 0.227 e. The number of rotatable bonds is 3. The van der Waals surface area contributed by atoms with Crippen molar-refractivity contribution in [3.63, 3.8) is 0 Å². The fraction of sp³-hybridized carbons (Fsp3) is 0.462. The summed E-state index contributed by atoms with van der Waals surface area (Å²) >= 11 is 3.41. The molecule has 0 aromatic heterocycles. The number of amides is 1. The van der Waals surface area contributed by atoms with Crippen LogP contribution in [0.2, 0.25) is 0 Å². The third-order valence-electron chi connectivity index (χ3n) is 3.22. The van der Waals surface area contributed by atoms with Gasteiger partial charge in [0.25, 0.3) is 0 Å². The highest BCUT2D eigenvalue weighted by Crippen LogP contribution is 2.17. The van der Waals surface area contributed by atoms with Gasteiger partial charge in [-0.25, -0.2) is 0 Å². The molecule has 3 nitrogen and oxygen atoms in total. The summed E-state index contributed by atoms with van der Waals surface area (Å²) in [6.07, 6.45) is 1.53. The Labute approximate surface area is 110 Å². The van der Waals surface area contributed by atoms with Crippen molar-refractivity contribution >= 4 is 21.8 Å². The lowest BCUT2D eigenvalue weighted by atomic mass is 10.1. The molecule has 1 saturated heterocycles. The number of hydrogen-bond donors (Lipinski definition) is 1. The Morgan fingerprint density at radius 2 is 2.35 bits per heavy atom. The van der Waals surface area contributed by atoms with Crippen LogP contribution in [0.15, 0.2) is 28.7 Å². The molecule has 0 aliphatic carbocycles. The topological polar surface area (TPSA) is 46.3 Å². The van der Waals surface area contributed by atoms with Gasteiger partial charge >= 0.3 is 0 Å². The van der Waals surface area contributed by atoms with E-state index in [1.807, 2.05) is 29.2 Å². The molecular weight excluding hydrogens is 280 g/mol. The highest BCUT2D eigenvalue weighted by Gasteiger charge is 2.24. The molecule has 2 rings (SSSR count). The lowest BCUT2D eigenvalue weighted by Crippen LogP contribution is -2.31. The van der Waals surface area contributed by atoms with Crippen LogP contribution >= 0.6 is 15.9 Å². The third kappa shape index (κ3) is 3.30. The van der Waals surface area contributed by atoms with E-state index < -0.39 is 0 Å². The molecule has 1 aliphatic heterocycles. The van der Waals surface area contributed by atoms with Gasteiger partial charge in [0.15, 0.2) is 0 Å². The number of likely N-dealkylation sites (tertiary alicyclic amines) is 1. The molecule has 2 N–H and O–H groups in total. The molecule has 92 valence electrons. The number of nitrogens with zero attached hydrogens (tertiary/aromatic N) is 1. The number of carbonyl (C=O) groups excluding carboxylic acids is 1. The van der Waals surface area contributed by atoms with E-state index in [2.05, 4.69) is 15.9 Å². The number of carbonyl (C=O) groups is 1. The molecule has 4 heteroatoms. The van der Waals surface area contributed by atoms with Crippen molar-refractivity contribution in [2.75, 3.05) is 19.6 Å². The lowest BCUT2D eigenvalue weighted by molar-refractivity contribution is -0.129. The largest absolute Gasteiger partial charge is 0.342 e. The Kier molecular flexibility index (Phi) is 4.18. The predicted molar refractivity (Wildman–Crippen MR) is 71.6 cm³/mol. The molecule has 0 bridgehead atoms. The van der Waals surface area contributed by atoms with Crippen LogP contribution in [0, 0.1) is 5.92 Å². The summed E-state index contributed by atoms with van der Waals surface area (Å²) in [5.41, 5.74) is 6.68. The van der Waals surface area contributed by atoms with E-state index in [1.54, 1.807) is 0 Å². The maximum absolute atomic E-state index is 12.1. The number of halogens is 1. The minimum absolute atomic E-state index is 0.207. The highest BCUT2D eigenvalue weighted by atomic mass is 79.9. The molecule has 0 saturated carbocycles. The fourth-order valence-electron chi connectivity index (χ4n) is 2.18. The first-order valence-electron chi connectivity index (χ1n) is 5.91. The van der Waals surface area contributed by atoms with Crippen LogP contribution in [0.3, 0.4) is 0 Å². The van der Waals surface area contributed by atoms with E-state index in [-0.39, 0.29) is 5.91 Å². The highest BCUT2D eigenvalue weighted by molar-refractivity contribution is 9.10. The average Bonchev–Trinajstić information content (AvgIpc) is 2.77. The smallest absolute Gasteiger partial charge is 0.227 e. The second kappa shape index (κ2) is 5.65. The standard InChI is InChI=1S/C13H17BrN2O/c14-12-3-1-2-10(6-12)7-13(17)16-5-4-11(8-15)9-16/h1-3,6,11H,4-5,7-9,15H2. The zero-order chi connectivity index (χ0) is 12.3. The average molecular weight is 297 g/mol. The molecular formula is C13H17BrN2O. The van der Waals surface area contributed by atoms with Crippen molar-refractivity contribution in [1.82, 2.24) is 4.90 Å². The fourth-order valence-corrected chi connectivity index (χ4v) is 2.63. The van der Waals surface area contributed by atoms with Crippen LogP contribution in [-0.4, -0.2) is 30.4 Å². The Morgan fingerprint density at radius 1 is 1.53 bits per heavy atom. The summed E-state index contributed by atoms with van der Waals surface area (Å²) in [6.45, 7) is 2.36. The third-order valence-corrected chi connectivity index (χ3v) is 3.71. The molecule has 0 radical (unpaired) electrons. The van der Waals surface area contributed by atoms with Crippen molar-refractivity contribution in [3.05, 3.63) is 34.3 Å². The molecule has 1 fully saturated rings. The summed E-state index contributed by atoms with van der Waals surface area (Å²) in [6, 6.07) is 7.90. The van der Waals surface area contributed by atoms with Crippen LogP contribution < -0.4 is 5.73 Å². The van der Waals surface area contributed by atoms with E-state index in [4.69, 9.17) is 5.73 Å². The van der Waals surface area contributed by atoms with Gasteiger partial charge in [0.1, 0.15) is 0 Å². The van der Waals surface area contributed by atoms with Crippen LogP contribution in [0.25, 0.3) is 0 Å². The van der Waals surface area contributed by atoms with Crippen LogP contribution in [0.5, 0.6) is 0 Å². The molecule has 1 unspecified atom stereocenters. The molecule has 1 aliphatic rings. The van der Waals surface area contributed by atoms with E-state index in [0.717, 1.165) is 29.5 Å². The SMILES string of the molecule is NCC1CCN(C(=O)Cc2cccc(Br)c2)C1. The van der Waals surface area contributed by atoms with E-state index in [9.17, 15) is 4.79 Å². The summed E-state index contributed by atoms with van der Waals surface area (Å²) in [5, 5.41) is 0. The molecule has 1 aromatic rings. The Morgan fingerprint density at radius 3 is 3.00 bits per heavy atom. The first-order chi connectivity index (χ1) is 8.19. The van der Waals surface area contributed by atoms with Gasteiger partial charge in [-0.3, -0.25) is 4.79 Å². The van der Waals surface area contributed by atoms with Gasteiger partial charge < -0.3 is 10.6 Å². The zero-order valence-corrected chi connectivity index (χ0v) is 11.3. The van der Waals surface area contributed by atoms with E-state index in [0.29, 0.717) is 18.9 Å². The number of hydrogen-bond acceptors (Lipinski definition) is 2. The summed E-state index contributed by atoms with van der Waals surface area (Å²) in [4.78, 5) is 14.0. The van der Waals surface area contributed by atoms with Crippen molar-refractivity contribution in [2.45, 2.75) is 12.8 Å². The number of benzene rings is 1. The minimum Gasteiger partial charge on any atom is -0.342 e. The van der Waals surface area contributed by atoms with Gasteiger partial charge in [-0.2, -0.15) is 0 Å². The van der Waals surface area contributed by atoms with Crippen molar-refractivity contribution in [3.8, 4) is 0 Å². The lowest BCUT2D eigenvalue weighted by Gasteiger charge is -2.16. The Bertz CT molecular complexity index is 408. The Balaban J connectivity index is 1.93. The van der Waals surface area contributed by atoms with Gasteiger partial charge in [0, 0.05) is 17.6 Å². The molecule has 1 aromatic carbocycles. The van der Waals surface area contributed by atoms with Gasteiger partial charge in [-0.15, -0.1) is 0 Å². The monoisotopic (exact) mass is 296 g/mol. The van der Waals surface area contributed by atoms with Crippen LogP contribution in [0.1, 0.15) is 12.0 Å². The maximum atomic E-state index is 12.1. The Hall–Kier alpha value is -0.870. The van der Waals surface area contributed by atoms with Gasteiger partial charge in [-0.1, -0.05) is 28.1 Å². The predicted octanol–water partition coefficient (Wildman–Crippen LogP) is 1.80. The van der Waals surface area contributed by atoms with Crippen LogP contribution in [0.4, 0.5) is 0 Å². The minimum atomic E-state index is 0.207. The summed E-state index contributed by atoms with van der Waals surface area (Å²) in [5.74, 6) is 0.695. The van der Waals surface area contributed by atoms with Crippen molar-refractivity contribution in [1.29, 1.82) is 0 Å². The van der Waals surface area contributed by atoms with Gasteiger partial charge in [-0.05, 0) is 36.6 Å². The van der Waals surface area contributed by atoms with E-state index >= 15 is 0 Å². The molecule has 17 heavy (non-hydrogen) atoms. The molecule has 0 spiro atoms. The zero-order valence-electron chi connectivity index (χ0n) is 9.73. The van der Waals surface area contributed by atoms with Crippen LogP contribution in [-0.2, 0) is 11.2 Å². The van der Waals surface area contributed by atoms with Gasteiger partial charge in [0.05, 0.1) is 6.42 Å². The summed E-state index contributed by atoms with van der Waals surface area (Å²) < 4.78 is 1.02. The molecule has 1 heterocycles. The first kappa shape index (κ1) is 12.6.